The quantitative estimate of drug-likeness (QED) is 0.825. The molecular formula is C22H25FN2O3. The molecule has 0 spiro atoms. The summed E-state index contributed by atoms with van der Waals surface area (Å²) in [6.07, 6.45) is 1.93. The number of halogens is 1. The molecule has 0 saturated carbocycles. The smallest absolute Gasteiger partial charge is 0.225 e. The van der Waals surface area contributed by atoms with E-state index < -0.39 is 6.04 Å². The second kappa shape index (κ2) is 8.87. The number of hydrogen-bond acceptors (Lipinski definition) is 3. The second-order valence-corrected chi connectivity index (χ2v) is 7.03. The standard InChI is InChI=1S/C22H25FN2O3/c1-15(26)24-20(16-7-11-19(28-2)12-8-16)14-22(27)25-13-3-4-21(25)17-5-9-18(23)10-6-17/h5-12,20-21H,3-4,13-14H2,1-2H3,(H,24,26)/t20-,21-/m0/s1. The fourth-order valence-corrected chi connectivity index (χ4v) is 3.72. The van der Waals surface area contributed by atoms with Crippen molar-refractivity contribution in [3.63, 3.8) is 0 Å². The van der Waals surface area contributed by atoms with Gasteiger partial charge < -0.3 is 15.0 Å². The Morgan fingerprint density at radius 1 is 1.18 bits per heavy atom. The summed E-state index contributed by atoms with van der Waals surface area (Å²) in [4.78, 5) is 26.6. The summed E-state index contributed by atoms with van der Waals surface area (Å²) in [5, 5.41) is 2.87. The van der Waals surface area contributed by atoms with E-state index >= 15 is 0 Å². The van der Waals surface area contributed by atoms with Gasteiger partial charge in [0.15, 0.2) is 0 Å². The van der Waals surface area contributed by atoms with Crippen molar-refractivity contribution in [2.45, 2.75) is 38.3 Å². The molecule has 2 aromatic carbocycles. The summed E-state index contributed by atoms with van der Waals surface area (Å²) in [5.41, 5.74) is 1.79. The molecule has 0 aromatic heterocycles. The van der Waals surface area contributed by atoms with Crippen molar-refractivity contribution in [3.05, 3.63) is 65.5 Å². The number of likely N-dealkylation sites (tertiary alicyclic amines) is 1. The molecule has 0 bridgehead atoms. The van der Waals surface area contributed by atoms with E-state index in [2.05, 4.69) is 5.32 Å². The highest BCUT2D eigenvalue weighted by atomic mass is 19.1. The molecule has 1 aliphatic heterocycles. The zero-order valence-corrected chi connectivity index (χ0v) is 16.2. The maximum absolute atomic E-state index is 13.2. The average molecular weight is 384 g/mol. The van der Waals surface area contributed by atoms with Crippen LogP contribution in [0.5, 0.6) is 5.75 Å². The first-order chi connectivity index (χ1) is 13.5. The third kappa shape index (κ3) is 4.68. The molecule has 3 rings (SSSR count). The Kier molecular flexibility index (Phi) is 6.29. The van der Waals surface area contributed by atoms with Gasteiger partial charge in [0.2, 0.25) is 11.8 Å². The van der Waals surface area contributed by atoms with Crippen LogP contribution in [0.2, 0.25) is 0 Å². The topological polar surface area (TPSA) is 58.6 Å². The highest BCUT2D eigenvalue weighted by Gasteiger charge is 2.31. The molecule has 0 radical (unpaired) electrons. The number of carbonyl (C=O) groups excluding carboxylic acids is 2. The number of nitrogens with zero attached hydrogens (tertiary/aromatic N) is 1. The summed E-state index contributed by atoms with van der Waals surface area (Å²) in [6.45, 7) is 2.11. The number of amides is 2. The van der Waals surface area contributed by atoms with Gasteiger partial charge in [-0.3, -0.25) is 9.59 Å². The molecule has 2 atom stereocenters. The Bertz CT molecular complexity index is 821. The number of ether oxygens (including phenoxy) is 1. The molecule has 28 heavy (non-hydrogen) atoms. The monoisotopic (exact) mass is 384 g/mol. The largest absolute Gasteiger partial charge is 0.497 e. The zero-order valence-electron chi connectivity index (χ0n) is 16.2. The van der Waals surface area contributed by atoms with Gasteiger partial charge in [-0.05, 0) is 48.2 Å². The maximum Gasteiger partial charge on any atom is 0.225 e. The van der Waals surface area contributed by atoms with Crippen LogP contribution in [0.3, 0.4) is 0 Å². The van der Waals surface area contributed by atoms with E-state index in [0.717, 1.165) is 24.0 Å². The molecule has 1 N–H and O–H groups in total. The fourth-order valence-electron chi connectivity index (χ4n) is 3.72. The van der Waals surface area contributed by atoms with Crippen molar-refractivity contribution >= 4 is 11.8 Å². The van der Waals surface area contributed by atoms with Gasteiger partial charge in [0.1, 0.15) is 11.6 Å². The zero-order chi connectivity index (χ0) is 20.1. The van der Waals surface area contributed by atoms with E-state index in [1.165, 1.54) is 19.1 Å². The van der Waals surface area contributed by atoms with Crippen LogP contribution in [-0.2, 0) is 9.59 Å². The summed E-state index contributed by atoms with van der Waals surface area (Å²) >= 11 is 0. The number of methoxy groups -OCH3 is 1. The highest BCUT2D eigenvalue weighted by molar-refractivity contribution is 5.80. The number of hydrogen-bond donors (Lipinski definition) is 1. The lowest BCUT2D eigenvalue weighted by molar-refractivity contribution is -0.133. The van der Waals surface area contributed by atoms with E-state index in [4.69, 9.17) is 4.74 Å². The van der Waals surface area contributed by atoms with Crippen molar-refractivity contribution in [1.82, 2.24) is 10.2 Å². The Hall–Kier alpha value is -2.89. The van der Waals surface area contributed by atoms with Gasteiger partial charge in [-0.2, -0.15) is 0 Å². The lowest BCUT2D eigenvalue weighted by atomic mass is 10.0. The van der Waals surface area contributed by atoms with Crippen molar-refractivity contribution < 1.29 is 18.7 Å². The van der Waals surface area contributed by atoms with Gasteiger partial charge >= 0.3 is 0 Å². The minimum Gasteiger partial charge on any atom is -0.497 e. The summed E-state index contributed by atoms with van der Waals surface area (Å²) in [6, 6.07) is 13.2. The van der Waals surface area contributed by atoms with E-state index in [1.54, 1.807) is 19.2 Å². The van der Waals surface area contributed by atoms with Crippen LogP contribution >= 0.6 is 0 Å². The lowest BCUT2D eigenvalue weighted by Gasteiger charge is -2.27. The van der Waals surface area contributed by atoms with E-state index in [1.807, 2.05) is 29.2 Å². The highest BCUT2D eigenvalue weighted by Crippen LogP contribution is 2.33. The average Bonchev–Trinajstić information content (AvgIpc) is 3.18. The Balaban J connectivity index is 1.76. The second-order valence-electron chi connectivity index (χ2n) is 7.03. The molecule has 6 heteroatoms. The number of carbonyl (C=O) groups is 2. The van der Waals surface area contributed by atoms with Crippen molar-refractivity contribution in [3.8, 4) is 5.75 Å². The predicted octanol–water partition coefficient (Wildman–Crippen LogP) is 3.77. The number of nitrogens with one attached hydrogen (secondary N) is 1. The van der Waals surface area contributed by atoms with Crippen LogP contribution < -0.4 is 10.1 Å². The first-order valence-electron chi connectivity index (χ1n) is 9.44. The Labute approximate surface area is 164 Å². The van der Waals surface area contributed by atoms with Crippen LogP contribution in [0, 0.1) is 5.82 Å². The summed E-state index contributed by atoms with van der Waals surface area (Å²) in [7, 11) is 1.59. The molecule has 5 nitrogen and oxygen atoms in total. The third-order valence-electron chi connectivity index (χ3n) is 5.10. The minimum absolute atomic E-state index is 0.0265. The van der Waals surface area contributed by atoms with Gasteiger partial charge in [0.05, 0.1) is 25.6 Å². The van der Waals surface area contributed by atoms with Crippen molar-refractivity contribution in [2.24, 2.45) is 0 Å². The molecule has 1 fully saturated rings. The molecule has 2 amide bonds. The predicted molar refractivity (Wildman–Crippen MR) is 104 cm³/mol. The molecule has 1 aliphatic rings. The maximum atomic E-state index is 13.2. The van der Waals surface area contributed by atoms with Crippen LogP contribution in [0.25, 0.3) is 0 Å². The van der Waals surface area contributed by atoms with Crippen LogP contribution in [-0.4, -0.2) is 30.4 Å². The van der Waals surface area contributed by atoms with E-state index in [9.17, 15) is 14.0 Å². The third-order valence-corrected chi connectivity index (χ3v) is 5.10. The molecule has 1 heterocycles. The van der Waals surface area contributed by atoms with Crippen LogP contribution in [0.1, 0.15) is 49.4 Å². The van der Waals surface area contributed by atoms with Gasteiger partial charge in [0.25, 0.3) is 0 Å². The minimum atomic E-state index is -0.412. The Morgan fingerprint density at radius 3 is 2.46 bits per heavy atom. The summed E-state index contributed by atoms with van der Waals surface area (Å²) < 4.78 is 18.4. The molecule has 0 unspecified atom stereocenters. The first kappa shape index (κ1) is 19.9. The van der Waals surface area contributed by atoms with E-state index in [0.29, 0.717) is 12.3 Å². The Morgan fingerprint density at radius 2 is 1.86 bits per heavy atom. The van der Waals surface area contributed by atoms with Crippen LogP contribution in [0.15, 0.2) is 48.5 Å². The fraction of sp³-hybridized carbons (Fsp3) is 0.364. The molecule has 1 saturated heterocycles. The lowest BCUT2D eigenvalue weighted by Crippen LogP contribution is -2.35. The van der Waals surface area contributed by atoms with Gasteiger partial charge in [-0.1, -0.05) is 24.3 Å². The van der Waals surface area contributed by atoms with Crippen LogP contribution in [0.4, 0.5) is 4.39 Å². The molecular weight excluding hydrogens is 359 g/mol. The molecule has 0 aliphatic carbocycles. The summed E-state index contributed by atoms with van der Waals surface area (Å²) in [5.74, 6) is 0.212. The van der Waals surface area contributed by atoms with Crippen molar-refractivity contribution in [2.75, 3.05) is 13.7 Å². The SMILES string of the molecule is COc1ccc([C@H](CC(=O)N2CCC[C@H]2c2ccc(F)cc2)NC(C)=O)cc1. The van der Waals surface area contributed by atoms with E-state index in [-0.39, 0.29) is 30.1 Å². The van der Waals surface area contributed by atoms with Gasteiger partial charge in [-0.15, -0.1) is 0 Å². The molecule has 148 valence electrons. The normalized spacial score (nSPS) is 17.2. The van der Waals surface area contributed by atoms with Gasteiger partial charge in [0, 0.05) is 13.5 Å². The number of benzene rings is 2. The van der Waals surface area contributed by atoms with Gasteiger partial charge in [-0.25, -0.2) is 4.39 Å². The van der Waals surface area contributed by atoms with Crippen molar-refractivity contribution in [1.29, 1.82) is 0 Å². The number of rotatable bonds is 6. The first-order valence-corrected chi connectivity index (χ1v) is 9.44. The molecule has 2 aromatic rings.